The zero-order chi connectivity index (χ0) is 22.0. The van der Waals surface area contributed by atoms with Crippen molar-refractivity contribution in [1.82, 2.24) is 9.62 Å². The van der Waals surface area contributed by atoms with E-state index in [1.54, 1.807) is 25.1 Å². The molecular weight excluding hydrogens is 412 g/mol. The van der Waals surface area contributed by atoms with E-state index in [-0.39, 0.29) is 35.1 Å². The van der Waals surface area contributed by atoms with Gasteiger partial charge in [-0.2, -0.15) is 0 Å². The first-order chi connectivity index (χ1) is 14.9. The number of hydrogen-bond acceptors (Lipinski definition) is 4. The lowest BCUT2D eigenvalue weighted by Gasteiger charge is -2.19. The molecule has 1 heterocycles. The summed E-state index contributed by atoms with van der Waals surface area (Å²) in [6.07, 6.45) is 4.10. The number of hydrogen-bond donors (Lipinski definition) is 1. The Morgan fingerprint density at radius 1 is 0.935 bits per heavy atom. The number of benzene rings is 2. The molecule has 2 aliphatic rings. The highest BCUT2D eigenvalue weighted by molar-refractivity contribution is 7.89. The molecule has 1 aliphatic carbocycles. The number of amides is 2. The molecule has 1 N–H and O–H groups in total. The number of nitrogens with one attached hydrogen (secondary N) is 1. The molecule has 0 bridgehead atoms. The van der Waals surface area contributed by atoms with Crippen molar-refractivity contribution in [2.24, 2.45) is 11.8 Å². The van der Waals surface area contributed by atoms with Crippen LogP contribution in [-0.4, -0.2) is 31.7 Å². The van der Waals surface area contributed by atoms with Gasteiger partial charge in [-0.3, -0.25) is 14.5 Å². The summed E-state index contributed by atoms with van der Waals surface area (Å²) in [5.74, 6) is -0.620. The van der Waals surface area contributed by atoms with E-state index in [0.29, 0.717) is 24.1 Å². The summed E-state index contributed by atoms with van der Waals surface area (Å²) in [5.41, 5.74) is 2.33. The number of likely N-dealkylation sites (tertiary alicyclic amines) is 1. The van der Waals surface area contributed by atoms with Gasteiger partial charge in [-0.05, 0) is 48.9 Å². The van der Waals surface area contributed by atoms with Crippen molar-refractivity contribution < 1.29 is 18.0 Å². The van der Waals surface area contributed by atoms with Crippen molar-refractivity contribution in [3.8, 4) is 0 Å². The highest BCUT2D eigenvalue weighted by Gasteiger charge is 2.47. The minimum atomic E-state index is -3.70. The Labute approximate surface area is 183 Å². The Hall–Kier alpha value is -2.51. The molecule has 2 aromatic rings. The number of carbonyl (C=O) groups excluding carboxylic acids is 2. The van der Waals surface area contributed by atoms with Crippen molar-refractivity contribution in [1.29, 1.82) is 0 Å². The highest BCUT2D eigenvalue weighted by Crippen LogP contribution is 2.38. The third-order valence-electron chi connectivity index (χ3n) is 6.36. The van der Waals surface area contributed by atoms with Gasteiger partial charge in [-0.1, -0.05) is 55.3 Å². The second-order valence-corrected chi connectivity index (χ2v) is 10.2. The van der Waals surface area contributed by atoms with Gasteiger partial charge >= 0.3 is 0 Å². The number of imide groups is 1. The van der Waals surface area contributed by atoms with E-state index in [0.717, 1.165) is 31.2 Å². The zero-order valence-electron chi connectivity index (χ0n) is 17.7. The van der Waals surface area contributed by atoms with Gasteiger partial charge in [0.1, 0.15) is 0 Å². The van der Waals surface area contributed by atoms with E-state index in [4.69, 9.17) is 0 Å². The Morgan fingerprint density at radius 3 is 2.23 bits per heavy atom. The smallest absolute Gasteiger partial charge is 0.240 e. The third kappa shape index (κ3) is 4.57. The maximum Gasteiger partial charge on any atom is 0.240 e. The summed E-state index contributed by atoms with van der Waals surface area (Å²) in [5, 5.41) is 0. The molecule has 7 heteroatoms. The number of carbonyl (C=O) groups is 2. The van der Waals surface area contributed by atoms with E-state index in [9.17, 15) is 18.0 Å². The van der Waals surface area contributed by atoms with Crippen LogP contribution in [0.25, 0.3) is 0 Å². The maximum atomic E-state index is 12.9. The van der Waals surface area contributed by atoms with Crippen molar-refractivity contribution in [2.75, 3.05) is 6.54 Å². The van der Waals surface area contributed by atoms with E-state index in [1.807, 2.05) is 30.3 Å². The highest BCUT2D eigenvalue weighted by atomic mass is 32.2. The normalized spacial score (nSPS) is 21.4. The predicted molar refractivity (Wildman–Crippen MR) is 118 cm³/mol. The summed E-state index contributed by atoms with van der Waals surface area (Å²) < 4.78 is 28.5. The van der Waals surface area contributed by atoms with Crippen LogP contribution in [0, 0.1) is 18.8 Å². The van der Waals surface area contributed by atoms with Gasteiger partial charge in [-0.15, -0.1) is 0 Å². The lowest BCUT2D eigenvalue weighted by Crippen LogP contribution is -2.31. The van der Waals surface area contributed by atoms with E-state index in [2.05, 4.69) is 4.72 Å². The Balaban J connectivity index is 1.47. The number of rotatable bonds is 7. The zero-order valence-corrected chi connectivity index (χ0v) is 18.5. The van der Waals surface area contributed by atoms with Gasteiger partial charge in [0.2, 0.25) is 21.8 Å². The monoisotopic (exact) mass is 440 g/mol. The molecule has 1 saturated heterocycles. The van der Waals surface area contributed by atoms with Gasteiger partial charge in [0.05, 0.1) is 23.3 Å². The maximum absolute atomic E-state index is 12.9. The van der Waals surface area contributed by atoms with Gasteiger partial charge in [0.25, 0.3) is 0 Å². The largest absolute Gasteiger partial charge is 0.278 e. The quantitative estimate of drug-likeness (QED) is 0.670. The molecule has 31 heavy (non-hydrogen) atoms. The van der Waals surface area contributed by atoms with Crippen molar-refractivity contribution in [2.45, 2.75) is 50.5 Å². The molecule has 1 saturated carbocycles. The summed E-state index contributed by atoms with van der Waals surface area (Å²) in [7, 11) is -3.70. The van der Waals surface area contributed by atoms with Crippen LogP contribution >= 0.6 is 0 Å². The second kappa shape index (κ2) is 8.93. The molecule has 164 valence electrons. The average Bonchev–Trinajstić information content (AvgIpc) is 3.00. The molecule has 1 aliphatic heterocycles. The van der Waals surface area contributed by atoms with E-state index >= 15 is 0 Å². The molecule has 0 radical (unpaired) electrons. The number of fused-ring (bicyclic) bond motifs is 1. The fourth-order valence-electron chi connectivity index (χ4n) is 4.65. The van der Waals surface area contributed by atoms with Crippen molar-refractivity contribution in [3.63, 3.8) is 0 Å². The lowest BCUT2D eigenvalue weighted by molar-refractivity contribution is -0.140. The predicted octanol–water partition coefficient (Wildman–Crippen LogP) is 3.19. The molecule has 0 unspecified atom stereocenters. The number of aryl methyl sites for hydroxylation is 1. The summed E-state index contributed by atoms with van der Waals surface area (Å²) in [4.78, 5) is 27.0. The first-order valence-electron chi connectivity index (χ1n) is 10.8. The molecule has 2 aromatic carbocycles. The molecule has 6 nitrogen and oxygen atoms in total. The Kier molecular flexibility index (Phi) is 6.25. The van der Waals surface area contributed by atoms with Crippen LogP contribution in [-0.2, 0) is 32.6 Å². The minimum absolute atomic E-state index is 0.110. The molecule has 4 rings (SSSR count). The second-order valence-electron chi connectivity index (χ2n) is 8.49. The van der Waals surface area contributed by atoms with Crippen LogP contribution in [0.1, 0.15) is 42.4 Å². The van der Waals surface area contributed by atoms with Crippen LogP contribution in [0.5, 0.6) is 0 Å². The molecule has 2 amide bonds. The Bertz CT molecular complexity index is 1060. The molecule has 0 aromatic heterocycles. The first-order valence-corrected chi connectivity index (χ1v) is 12.3. The Morgan fingerprint density at radius 2 is 1.58 bits per heavy atom. The first kappa shape index (κ1) is 21.7. The summed E-state index contributed by atoms with van der Waals surface area (Å²) in [6.45, 7) is 2.16. The fourth-order valence-corrected chi connectivity index (χ4v) is 5.98. The topological polar surface area (TPSA) is 83.6 Å². The standard InChI is InChI=1S/C24H28N2O4S/c1-17-11-12-19(16-26-23(27)20-9-5-6-10-21(20)24(26)28)15-22(17)31(29,30)25-14-13-18-7-3-2-4-8-18/h2-4,7-8,11-12,15,20-21,25H,5-6,9-10,13-14,16H2,1H3/t20-,21-/m1/s1. The number of sulfonamides is 1. The summed E-state index contributed by atoms with van der Waals surface area (Å²) in [6, 6.07) is 14.8. The van der Waals surface area contributed by atoms with Crippen molar-refractivity contribution >= 4 is 21.8 Å². The third-order valence-corrected chi connectivity index (χ3v) is 7.97. The van der Waals surface area contributed by atoms with E-state index < -0.39 is 10.0 Å². The molecular formula is C24H28N2O4S. The lowest BCUT2D eigenvalue weighted by atomic mass is 9.81. The van der Waals surface area contributed by atoms with Gasteiger partial charge in [0, 0.05) is 6.54 Å². The molecule has 2 atom stereocenters. The minimum Gasteiger partial charge on any atom is -0.278 e. The molecule has 2 fully saturated rings. The van der Waals surface area contributed by atoms with Crippen LogP contribution in [0.15, 0.2) is 53.4 Å². The summed E-state index contributed by atoms with van der Waals surface area (Å²) >= 11 is 0. The SMILES string of the molecule is Cc1ccc(CN2C(=O)[C@@H]3CCCC[C@H]3C2=O)cc1S(=O)(=O)NCCc1ccccc1. The van der Waals surface area contributed by atoms with Crippen molar-refractivity contribution in [3.05, 3.63) is 65.2 Å². The van der Waals surface area contributed by atoms with Crippen LogP contribution < -0.4 is 4.72 Å². The van der Waals surface area contributed by atoms with Gasteiger partial charge < -0.3 is 0 Å². The van der Waals surface area contributed by atoms with Gasteiger partial charge in [0.15, 0.2) is 0 Å². The fraction of sp³-hybridized carbons (Fsp3) is 0.417. The van der Waals surface area contributed by atoms with E-state index in [1.165, 1.54) is 4.90 Å². The van der Waals surface area contributed by atoms with Crippen LogP contribution in [0.4, 0.5) is 0 Å². The average molecular weight is 441 g/mol. The number of nitrogens with zero attached hydrogens (tertiary/aromatic N) is 1. The van der Waals surface area contributed by atoms with Crippen LogP contribution in [0.3, 0.4) is 0 Å². The van der Waals surface area contributed by atoms with Gasteiger partial charge in [-0.25, -0.2) is 13.1 Å². The van der Waals surface area contributed by atoms with Crippen LogP contribution in [0.2, 0.25) is 0 Å². The molecule has 0 spiro atoms.